The van der Waals surface area contributed by atoms with Gasteiger partial charge in [-0.2, -0.15) is 0 Å². The normalized spacial score (nSPS) is 12.1. The van der Waals surface area contributed by atoms with Crippen LogP contribution in [0.15, 0.2) is 36.4 Å². The molecule has 13 heteroatoms. The Morgan fingerprint density at radius 3 is 1.38 bits per heavy atom. The van der Waals surface area contributed by atoms with E-state index in [1.54, 1.807) is 0 Å². The van der Waals surface area contributed by atoms with E-state index in [-0.39, 0.29) is 22.6 Å². The highest BCUT2D eigenvalue weighted by Crippen LogP contribution is 2.38. The molecule has 180 valence electrons. The van der Waals surface area contributed by atoms with E-state index in [1.165, 1.54) is 38.1 Å². The van der Waals surface area contributed by atoms with Gasteiger partial charge in [0.1, 0.15) is 34.8 Å². The maximum Gasteiger partial charge on any atom is 0.519 e. The highest BCUT2D eigenvalue weighted by atomic mass is 16.7. The minimum absolute atomic E-state index is 0.202. The molecule has 0 bridgehead atoms. The number of benzene rings is 2. The number of hydrogen-bond acceptors (Lipinski definition) is 11. The van der Waals surface area contributed by atoms with Crippen molar-refractivity contribution in [1.29, 1.82) is 0 Å². The second-order valence-electron chi connectivity index (χ2n) is 6.85. The summed E-state index contributed by atoms with van der Waals surface area (Å²) in [6.45, 7) is 4.91. The molecule has 2 aromatic rings. The predicted octanol–water partition coefficient (Wildman–Crippen LogP) is 4.33. The smallest absolute Gasteiger partial charge is 0.458 e. The number of esters is 2. The van der Waals surface area contributed by atoms with E-state index in [0.29, 0.717) is 0 Å². The van der Waals surface area contributed by atoms with Gasteiger partial charge in [-0.25, -0.2) is 4.79 Å². The van der Waals surface area contributed by atoms with Crippen LogP contribution in [0.3, 0.4) is 0 Å². The molecular weight excluding hydrogens is 456 g/mol. The molecule has 2 atom stereocenters. The molecule has 2 unspecified atom stereocenters. The van der Waals surface area contributed by atoms with Crippen LogP contribution in [-0.2, 0) is 19.1 Å². The number of nitro benzene ring substituents is 2. The van der Waals surface area contributed by atoms with Crippen molar-refractivity contribution in [2.45, 2.75) is 39.9 Å². The average Bonchev–Trinajstić information content (AvgIpc) is 2.71. The Bertz CT molecular complexity index is 1060. The van der Waals surface area contributed by atoms with Gasteiger partial charge in [-0.15, -0.1) is 0 Å². The van der Waals surface area contributed by atoms with Crippen LogP contribution < -0.4 is 9.47 Å². The summed E-state index contributed by atoms with van der Waals surface area (Å²) in [4.78, 5) is 56.6. The zero-order valence-electron chi connectivity index (χ0n) is 18.5. The van der Waals surface area contributed by atoms with Gasteiger partial charge in [0.15, 0.2) is 0 Å². The van der Waals surface area contributed by atoms with Gasteiger partial charge in [0.2, 0.25) is 0 Å². The van der Waals surface area contributed by atoms with Gasteiger partial charge in [0.05, 0.1) is 9.85 Å². The number of nitro groups is 2. The van der Waals surface area contributed by atoms with E-state index in [4.69, 9.17) is 18.9 Å². The van der Waals surface area contributed by atoms with Crippen LogP contribution in [0.4, 0.5) is 16.2 Å². The molecule has 0 radical (unpaired) electrons. The molecular formula is C21H20N2O11. The monoisotopic (exact) mass is 476 g/mol. The number of rotatable bonds is 8. The second-order valence-corrected chi connectivity index (χ2v) is 6.85. The Hall–Kier alpha value is -4.55. The Labute approximate surface area is 192 Å². The topological polar surface area (TPSA) is 174 Å². The minimum atomic E-state index is -1.39. The lowest BCUT2D eigenvalue weighted by atomic mass is 10.1. The van der Waals surface area contributed by atoms with Gasteiger partial charge in [-0.1, -0.05) is 12.1 Å². The summed E-state index contributed by atoms with van der Waals surface area (Å²) in [5.74, 6) is -2.10. The summed E-state index contributed by atoms with van der Waals surface area (Å²) in [6, 6.07) is 7.19. The Morgan fingerprint density at radius 1 is 0.735 bits per heavy atom. The number of carbonyl (C=O) groups excluding carboxylic acids is 3. The standard InChI is InChI=1S/C21H20N2O11/c1-11(31-13(3)24)19-15(22(27)28)7-5-9-17(19)33-21(26)34-18-10-6-8-16(23(29)30)20(18)12(2)32-14(4)25/h5-12H,1-4H3. The van der Waals surface area contributed by atoms with Gasteiger partial charge < -0.3 is 18.9 Å². The first-order valence-electron chi connectivity index (χ1n) is 9.71. The molecule has 0 aliphatic rings. The first kappa shape index (κ1) is 25.7. The molecule has 0 spiro atoms. The molecule has 0 aliphatic carbocycles. The molecule has 0 saturated heterocycles. The van der Waals surface area contributed by atoms with Crippen molar-refractivity contribution in [2.24, 2.45) is 0 Å². The quantitative estimate of drug-likeness (QED) is 0.229. The predicted molar refractivity (Wildman–Crippen MR) is 113 cm³/mol. The van der Waals surface area contributed by atoms with Crippen LogP contribution in [0, 0.1) is 20.2 Å². The van der Waals surface area contributed by atoms with Crippen molar-refractivity contribution in [3.05, 3.63) is 67.8 Å². The minimum Gasteiger partial charge on any atom is -0.458 e. The molecule has 2 rings (SSSR count). The molecule has 0 heterocycles. The molecule has 2 aromatic carbocycles. The van der Waals surface area contributed by atoms with Crippen LogP contribution in [0.5, 0.6) is 11.5 Å². The van der Waals surface area contributed by atoms with Crippen molar-refractivity contribution in [3.8, 4) is 11.5 Å². The number of nitrogens with zero attached hydrogens (tertiary/aromatic N) is 2. The molecule has 13 nitrogen and oxygen atoms in total. The fourth-order valence-corrected chi connectivity index (χ4v) is 3.19. The molecule has 0 amide bonds. The lowest BCUT2D eigenvalue weighted by molar-refractivity contribution is -0.386. The Balaban J connectivity index is 2.44. The van der Waals surface area contributed by atoms with Crippen LogP contribution >= 0.6 is 0 Å². The van der Waals surface area contributed by atoms with E-state index in [2.05, 4.69) is 0 Å². The molecule has 0 aromatic heterocycles. The summed E-state index contributed by atoms with van der Waals surface area (Å²) in [7, 11) is 0. The van der Waals surface area contributed by atoms with Crippen LogP contribution in [0.1, 0.15) is 51.0 Å². The molecule has 0 N–H and O–H groups in total. The van der Waals surface area contributed by atoms with Gasteiger partial charge in [-0.3, -0.25) is 29.8 Å². The summed E-state index contributed by atoms with van der Waals surface area (Å²) in [6.07, 6.45) is -3.70. The number of ether oxygens (including phenoxy) is 4. The third-order valence-electron chi connectivity index (χ3n) is 4.36. The summed E-state index contributed by atoms with van der Waals surface area (Å²) in [5, 5.41) is 22.9. The SMILES string of the molecule is CC(=O)OC(C)c1c(OC(=O)Oc2cccc([N+](=O)[O-])c2C(C)OC(C)=O)cccc1[N+](=O)[O-]. The Kier molecular flexibility index (Phi) is 8.20. The number of carbonyl (C=O) groups is 3. The van der Waals surface area contributed by atoms with Crippen molar-refractivity contribution >= 4 is 29.5 Å². The van der Waals surface area contributed by atoms with Crippen molar-refractivity contribution in [1.82, 2.24) is 0 Å². The van der Waals surface area contributed by atoms with Gasteiger partial charge >= 0.3 is 18.1 Å². The first-order chi connectivity index (χ1) is 15.9. The zero-order valence-corrected chi connectivity index (χ0v) is 18.5. The van der Waals surface area contributed by atoms with E-state index >= 15 is 0 Å². The van der Waals surface area contributed by atoms with Gasteiger partial charge in [-0.05, 0) is 26.0 Å². The summed E-state index contributed by atoms with van der Waals surface area (Å²) < 4.78 is 20.2. The fraction of sp³-hybridized carbons (Fsp3) is 0.286. The second kappa shape index (κ2) is 10.8. The van der Waals surface area contributed by atoms with E-state index in [0.717, 1.165) is 26.0 Å². The number of hydrogen-bond donors (Lipinski definition) is 0. The summed E-state index contributed by atoms with van der Waals surface area (Å²) in [5.41, 5.74) is -1.35. The largest absolute Gasteiger partial charge is 0.519 e. The van der Waals surface area contributed by atoms with Gasteiger partial charge in [0.25, 0.3) is 11.4 Å². The van der Waals surface area contributed by atoms with Crippen LogP contribution in [-0.4, -0.2) is 27.9 Å². The molecule has 0 fully saturated rings. The highest BCUT2D eigenvalue weighted by molar-refractivity contribution is 5.72. The van der Waals surface area contributed by atoms with Crippen molar-refractivity contribution in [3.63, 3.8) is 0 Å². The van der Waals surface area contributed by atoms with Crippen molar-refractivity contribution in [2.75, 3.05) is 0 Å². The third kappa shape index (κ3) is 6.25. The summed E-state index contributed by atoms with van der Waals surface area (Å²) >= 11 is 0. The Morgan fingerprint density at radius 2 is 1.09 bits per heavy atom. The third-order valence-corrected chi connectivity index (χ3v) is 4.36. The molecule has 0 saturated carbocycles. The van der Waals surface area contributed by atoms with E-state index in [9.17, 15) is 34.6 Å². The molecule has 0 aliphatic heterocycles. The average molecular weight is 476 g/mol. The first-order valence-corrected chi connectivity index (χ1v) is 9.71. The molecule has 34 heavy (non-hydrogen) atoms. The van der Waals surface area contributed by atoms with E-state index < -0.39 is 51.5 Å². The van der Waals surface area contributed by atoms with Gasteiger partial charge in [0, 0.05) is 26.0 Å². The highest BCUT2D eigenvalue weighted by Gasteiger charge is 2.30. The maximum absolute atomic E-state index is 12.5. The van der Waals surface area contributed by atoms with Crippen molar-refractivity contribution < 1.29 is 43.2 Å². The lowest BCUT2D eigenvalue weighted by Gasteiger charge is -2.18. The zero-order chi connectivity index (χ0) is 25.6. The van der Waals surface area contributed by atoms with Crippen LogP contribution in [0.25, 0.3) is 0 Å². The maximum atomic E-state index is 12.5. The van der Waals surface area contributed by atoms with E-state index in [1.807, 2.05) is 0 Å². The van der Waals surface area contributed by atoms with Crippen LogP contribution in [0.2, 0.25) is 0 Å². The lowest BCUT2D eigenvalue weighted by Crippen LogP contribution is -2.18. The fourth-order valence-electron chi connectivity index (χ4n) is 3.19.